The molecule has 0 spiro atoms. The van der Waals surface area contributed by atoms with Crippen LogP contribution in [0.4, 0.5) is 0 Å². The number of hydrogen-bond acceptors (Lipinski definition) is 2. The molecule has 1 rings (SSSR count). The second-order valence-corrected chi connectivity index (χ2v) is 5.32. The summed E-state index contributed by atoms with van der Waals surface area (Å²) in [5, 5.41) is 9.79. The van der Waals surface area contributed by atoms with E-state index in [0.717, 1.165) is 11.1 Å². The van der Waals surface area contributed by atoms with Gasteiger partial charge in [0, 0.05) is 13.1 Å². The molecule has 0 aliphatic carbocycles. The quantitative estimate of drug-likeness (QED) is 0.868. The number of aliphatic hydroxyl groups is 1. The van der Waals surface area contributed by atoms with E-state index in [1.165, 1.54) is 0 Å². The average Bonchev–Trinajstić information content (AvgIpc) is 2.27. The van der Waals surface area contributed by atoms with Crippen LogP contribution in [0.3, 0.4) is 0 Å². The van der Waals surface area contributed by atoms with Crippen LogP contribution in [-0.4, -0.2) is 34.6 Å². The lowest BCUT2D eigenvalue weighted by atomic mass is 10.0. The van der Waals surface area contributed by atoms with Crippen molar-refractivity contribution >= 4 is 5.91 Å². The minimum absolute atomic E-state index is 0.0638. The molecule has 3 heteroatoms. The van der Waals surface area contributed by atoms with Crippen molar-refractivity contribution in [2.24, 2.45) is 0 Å². The Hall–Kier alpha value is -1.35. The van der Waals surface area contributed by atoms with Crippen LogP contribution in [0.25, 0.3) is 0 Å². The molecule has 0 heterocycles. The number of rotatable bonds is 5. The van der Waals surface area contributed by atoms with Gasteiger partial charge in [0.15, 0.2) is 0 Å². The predicted octanol–water partition coefficient (Wildman–Crippen LogP) is 2.16. The van der Waals surface area contributed by atoms with Crippen molar-refractivity contribution in [3.05, 3.63) is 35.4 Å². The Kier molecular flexibility index (Phi) is 4.91. The van der Waals surface area contributed by atoms with Crippen LogP contribution < -0.4 is 0 Å². The first-order chi connectivity index (χ1) is 8.33. The zero-order valence-electron chi connectivity index (χ0n) is 11.7. The van der Waals surface area contributed by atoms with Crippen molar-refractivity contribution in [2.75, 3.05) is 13.1 Å². The van der Waals surface area contributed by atoms with Crippen molar-refractivity contribution in [1.82, 2.24) is 4.90 Å². The summed E-state index contributed by atoms with van der Waals surface area (Å²) >= 11 is 0. The van der Waals surface area contributed by atoms with Gasteiger partial charge in [0.05, 0.1) is 12.0 Å². The minimum Gasteiger partial charge on any atom is -0.389 e. The highest BCUT2D eigenvalue weighted by Crippen LogP contribution is 2.11. The molecule has 3 nitrogen and oxygen atoms in total. The molecule has 1 amide bonds. The van der Waals surface area contributed by atoms with Crippen molar-refractivity contribution in [2.45, 2.75) is 39.7 Å². The standard InChI is InChI=1S/C15H23NO2/c1-5-16(11-15(3,4)18)14(17)10-13-9-7-6-8-12(13)2/h6-9,18H,5,10-11H2,1-4H3. The van der Waals surface area contributed by atoms with Crippen LogP contribution in [0.15, 0.2) is 24.3 Å². The number of benzene rings is 1. The van der Waals surface area contributed by atoms with Crippen LogP contribution in [0.2, 0.25) is 0 Å². The maximum atomic E-state index is 12.2. The maximum absolute atomic E-state index is 12.2. The number of hydrogen-bond donors (Lipinski definition) is 1. The molecule has 0 atom stereocenters. The summed E-state index contributed by atoms with van der Waals surface area (Å²) in [5.74, 6) is 0.0638. The molecular formula is C15H23NO2. The fraction of sp³-hybridized carbons (Fsp3) is 0.533. The fourth-order valence-corrected chi connectivity index (χ4v) is 1.93. The molecular weight excluding hydrogens is 226 g/mol. The van der Waals surface area contributed by atoms with Gasteiger partial charge in [0.2, 0.25) is 5.91 Å². The molecule has 0 aromatic heterocycles. The van der Waals surface area contributed by atoms with Crippen molar-refractivity contribution in [1.29, 1.82) is 0 Å². The zero-order chi connectivity index (χ0) is 13.8. The molecule has 0 aliphatic heterocycles. The average molecular weight is 249 g/mol. The Morgan fingerprint density at radius 3 is 2.44 bits per heavy atom. The highest BCUT2D eigenvalue weighted by atomic mass is 16.3. The molecule has 0 saturated carbocycles. The number of nitrogens with zero attached hydrogens (tertiary/aromatic N) is 1. The maximum Gasteiger partial charge on any atom is 0.227 e. The van der Waals surface area contributed by atoms with Gasteiger partial charge < -0.3 is 10.0 Å². The van der Waals surface area contributed by atoms with Gasteiger partial charge in [-0.1, -0.05) is 24.3 Å². The first-order valence-corrected chi connectivity index (χ1v) is 6.38. The van der Waals surface area contributed by atoms with Gasteiger partial charge in [0.25, 0.3) is 0 Å². The van der Waals surface area contributed by atoms with E-state index in [-0.39, 0.29) is 5.91 Å². The van der Waals surface area contributed by atoms with Crippen molar-refractivity contribution < 1.29 is 9.90 Å². The Labute approximate surface area is 109 Å². The zero-order valence-corrected chi connectivity index (χ0v) is 11.7. The second-order valence-electron chi connectivity index (χ2n) is 5.32. The first-order valence-electron chi connectivity index (χ1n) is 6.38. The predicted molar refractivity (Wildman–Crippen MR) is 73.4 cm³/mol. The highest BCUT2D eigenvalue weighted by molar-refractivity contribution is 5.79. The van der Waals surface area contributed by atoms with E-state index in [4.69, 9.17) is 0 Å². The molecule has 0 bridgehead atoms. The van der Waals surface area contributed by atoms with Crippen molar-refractivity contribution in [3.63, 3.8) is 0 Å². The summed E-state index contributed by atoms with van der Waals surface area (Å²) in [4.78, 5) is 13.9. The van der Waals surface area contributed by atoms with Crippen LogP contribution in [0.1, 0.15) is 31.9 Å². The lowest BCUT2D eigenvalue weighted by Crippen LogP contribution is -2.42. The van der Waals surface area contributed by atoms with Gasteiger partial charge in [0.1, 0.15) is 0 Å². The lowest BCUT2D eigenvalue weighted by Gasteiger charge is -2.28. The van der Waals surface area contributed by atoms with Gasteiger partial charge in [-0.15, -0.1) is 0 Å². The van der Waals surface area contributed by atoms with Crippen LogP contribution in [-0.2, 0) is 11.2 Å². The number of carbonyl (C=O) groups is 1. The first kappa shape index (κ1) is 14.7. The van der Waals surface area contributed by atoms with Crippen LogP contribution in [0.5, 0.6) is 0 Å². The molecule has 0 aliphatic rings. The van der Waals surface area contributed by atoms with Crippen molar-refractivity contribution in [3.8, 4) is 0 Å². The van der Waals surface area contributed by atoms with E-state index in [1.54, 1.807) is 18.7 Å². The molecule has 0 fully saturated rings. The number of aryl methyl sites for hydroxylation is 1. The molecule has 100 valence electrons. The van der Waals surface area contributed by atoms with Gasteiger partial charge in [-0.3, -0.25) is 4.79 Å². The van der Waals surface area contributed by atoms with E-state index in [9.17, 15) is 9.90 Å². The molecule has 1 N–H and O–H groups in total. The number of amides is 1. The summed E-state index contributed by atoms with van der Waals surface area (Å²) < 4.78 is 0. The van der Waals surface area contributed by atoms with E-state index >= 15 is 0 Å². The fourth-order valence-electron chi connectivity index (χ4n) is 1.93. The molecule has 0 radical (unpaired) electrons. The highest BCUT2D eigenvalue weighted by Gasteiger charge is 2.21. The monoisotopic (exact) mass is 249 g/mol. The Morgan fingerprint density at radius 1 is 1.33 bits per heavy atom. The second kappa shape index (κ2) is 6.01. The van der Waals surface area contributed by atoms with E-state index in [0.29, 0.717) is 19.5 Å². The molecule has 1 aromatic rings. The SMILES string of the molecule is CCN(CC(C)(C)O)C(=O)Cc1ccccc1C. The third-order valence-corrected chi connectivity index (χ3v) is 2.92. The summed E-state index contributed by atoms with van der Waals surface area (Å²) in [7, 11) is 0. The number of carbonyl (C=O) groups excluding carboxylic acids is 1. The van der Waals surface area contributed by atoms with E-state index in [2.05, 4.69) is 0 Å². The third-order valence-electron chi connectivity index (χ3n) is 2.92. The molecule has 1 aromatic carbocycles. The van der Waals surface area contributed by atoms with E-state index < -0.39 is 5.60 Å². The Balaban J connectivity index is 2.72. The third kappa shape index (κ3) is 4.49. The summed E-state index contributed by atoms with van der Waals surface area (Å²) in [6.07, 6.45) is 0.399. The largest absolute Gasteiger partial charge is 0.389 e. The van der Waals surface area contributed by atoms with Gasteiger partial charge in [-0.05, 0) is 38.8 Å². The lowest BCUT2D eigenvalue weighted by molar-refractivity contribution is -0.133. The Bertz CT molecular complexity index is 407. The molecule has 0 saturated heterocycles. The Morgan fingerprint density at radius 2 is 1.94 bits per heavy atom. The summed E-state index contributed by atoms with van der Waals surface area (Å²) in [5.41, 5.74) is 1.33. The molecule has 18 heavy (non-hydrogen) atoms. The van der Waals surface area contributed by atoms with Crippen LogP contribution in [0, 0.1) is 6.92 Å². The smallest absolute Gasteiger partial charge is 0.227 e. The number of likely N-dealkylation sites (N-methyl/N-ethyl adjacent to an activating group) is 1. The van der Waals surface area contributed by atoms with Crippen LogP contribution >= 0.6 is 0 Å². The molecule has 0 unspecified atom stereocenters. The van der Waals surface area contributed by atoms with Gasteiger partial charge in [-0.2, -0.15) is 0 Å². The van der Waals surface area contributed by atoms with Gasteiger partial charge in [-0.25, -0.2) is 0 Å². The van der Waals surface area contributed by atoms with E-state index in [1.807, 2.05) is 38.1 Å². The van der Waals surface area contributed by atoms with Gasteiger partial charge >= 0.3 is 0 Å². The minimum atomic E-state index is -0.850. The normalized spacial score (nSPS) is 11.4. The topological polar surface area (TPSA) is 40.5 Å². The summed E-state index contributed by atoms with van der Waals surface area (Å²) in [6.45, 7) is 8.37. The summed E-state index contributed by atoms with van der Waals surface area (Å²) in [6, 6.07) is 7.90.